The van der Waals surface area contributed by atoms with Crippen LogP contribution >= 0.6 is 0 Å². The second-order valence-corrected chi connectivity index (χ2v) is 4.46. The number of nitrogens with two attached hydrogens (primary N) is 2. The van der Waals surface area contributed by atoms with Gasteiger partial charge in [-0.1, -0.05) is 6.07 Å². The first-order valence-electron chi connectivity index (χ1n) is 5.85. The molecule has 1 fully saturated rings. The molecule has 1 unspecified atom stereocenters. The molecule has 0 aliphatic carbocycles. The summed E-state index contributed by atoms with van der Waals surface area (Å²) in [5.74, 6) is -1.45. The summed E-state index contributed by atoms with van der Waals surface area (Å²) in [6.45, 7) is 1.01. The fraction of sp³-hybridized carbons (Fsp3) is 0.333. The van der Waals surface area contributed by atoms with E-state index >= 15 is 0 Å². The van der Waals surface area contributed by atoms with Gasteiger partial charge in [-0.15, -0.1) is 0 Å². The standard InChI is InChI=1S/C12H15F2N5/c13-8-1-2-9(10(14)5-8)7-3-4-19(6-7)12(17)18-11(15)16/h1-2,5,7H,3-4,6H2,(H5,15,16,17,18). The Kier molecular flexibility index (Phi) is 3.64. The summed E-state index contributed by atoms with van der Waals surface area (Å²) in [6, 6.07) is 3.56. The lowest BCUT2D eigenvalue weighted by molar-refractivity contribution is 0.495. The Bertz CT molecular complexity index is 525. The number of benzene rings is 1. The molecule has 102 valence electrons. The zero-order valence-electron chi connectivity index (χ0n) is 10.2. The van der Waals surface area contributed by atoms with E-state index in [1.165, 1.54) is 12.1 Å². The van der Waals surface area contributed by atoms with Gasteiger partial charge < -0.3 is 16.4 Å². The van der Waals surface area contributed by atoms with Crippen LogP contribution in [0.3, 0.4) is 0 Å². The second kappa shape index (κ2) is 5.21. The van der Waals surface area contributed by atoms with Gasteiger partial charge in [0, 0.05) is 25.1 Å². The number of aliphatic imine (C=N–C) groups is 1. The number of nitrogens with one attached hydrogen (secondary N) is 1. The molecule has 5 nitrogen and oxygen atoms in total. The normalized spacial score (nSPS) is 18.4. The van der Waals surface area contributed by atoms with Crippen LogP contribution in [0.25, 0.3) is 0 Å². The van der Waals surface area contributed by atoms with Crippen molar-refractivity contribution in [3.8, 4) is 0 Å². The molecule has 1 aliphatic heterocycles. The van der Waals surface area contributed by atoms with Gasteiger partial charge in [-0.25, -0.2) is 8.78 Å². The van der Waals surface area contributed by atoms with E-state index in [1.807, 2.05) is 0 Å². The number of hydrogen-bond donors (Lipinski definition) is 3. The van der Waals surface area contributed by atoms with E-state index < -0.39 is 11.6 Å². The Morgan fingerprint density at radius 2 is 2.11 bits per heavy atom. The van der Waals surface area contributed by atoms with E-state index in [-0.39, 0.29) is 17.8 Å². The third kappa shape index (κ3) is 2.98. The maximum absolute atomic E-state index is 13.7. The van der Waals surface area contributed by atoms with Gasteiger partial charge in [-0.2, -0.15) is 4.99 Å². The van der Waals surface area contributed by atoms with Crippen molar-refractivity contribution in [1.82, 2.24) is 4.90 Å². The molecule has 2 rings (SSSR count). The maximum atomic E-state index is 13.7. The Labute approximate surface area is 109 Å². The molecule has 7 heteroatoms. The van der Waals surface area contributed by atoms with Crippen molar-refractivity contribution in [1.29, 1.82) is 5.41 Å². The highest BCUT2D eigenvalue weighted by Gasteiger charge is 2.27. The number of hydrogen-bond acceptors (Lipinski definition) is 1. The molecule has 1 atom stereocenters. The number of rotatable bonds is 1. The molecule has 1 aromatic carbocycles. The quantitative estimate of drug-likeness (QED) is 0.523. The van der Waals surface area contributed by atoms with E-state index in [4.69, 9.17) is 16.9 Å². The molecule has 0 bridgehead atoms. The largest absolute Gasteiger partial charge is 0.370 e. The summed E-state index contributed by atoms with van der Waals surface area (Å²) in [6.07, 6.45) is 0.672. The van der Waals surface area contributed by atoms with Crippen LogP contribution in [0.2, 0.25) is 0 Å². The molecule has 1 aliphatic rings. The summed E-state index contributed by atoms with van der Waals surface area (Å²) in [5.41, 5.74) is 10.9. The highest BCUT2D eigenvalue weighted by molar-refractivity contribution is 5.91. The molecule has 1 saturated heterocycles. The van der Waals surface area contributed by atoms with Crippen LogP contribution in [0.4, 0.5) is 8.78 Å². The monoisotopic (exact) mass is 267 g/mol. The summed E-state index contributed by atoms with van der Waals surface area (Å²) in [5, 5.41) is 7.68. The molecule has 19 heavy (non-hydrogen) atoms. The van der Waals surface area contributed by atoms with Crippen molar-refractivity contribution < 1.29 is 8.78 Å². The van der Waals surface area contributed by atoms with Gasteiger partial charge in [0.1, 0.15) is 11.6 Å². The highest BCUT2D eigenvalue weighted by Crippen LogP contribution is 2.29. The Morgan fingerprint density at radius 1 is 1.37 bits per heavy atom. The topological polar surface area (TPSA) is 91.5 Å². The fourth-order valence-electron chi connectivity index (χ4n) is 2.23. The van der Waals surface area contributed by atoms with Crippen LogP contribution in [0, 0.1) is 17.0 Å². The minimum atomic E-state index is -0.593. The third-order valence-corrected chi connectivity index (χ3v) is 3.13. The van der Waals surface area contributed by atoms with E-state index in [9.17, 15) is 8.78 Å². The van der Waals surface area contributed by atoms with Gasteiger partial charge in [0.15, 0.2) is 5.96 Å². The first kappa shape index (κ1) is 13.3. The van der Waals surface area contributed by atoms with E-state index in [0.29, 0.717) is 25.1 Å². The number of nitrogens with zero attached hydrogens (tertiary/aromatic N) is 2. The average Bonchev–Trinajstić information content (AvgIpc) is 2.77. The number of guanidine groups is 2. The van der Waals surface area contributed by atoms with Gasteiger partial charge in [0.25, 0.3) is 0 Å². The highest BCUT2D eigenvalue weighted by atomic mass is 19.1. The molecule has 0 saturated carbocycles. The first-order chi connectivity index (χ1) is 8.97. The third-order valence-electron chi connectivity index (χ3n) is 3.13. The van der Waals surface area contributed by atoms with Gasteiger partial charge in [-0.3, -0.25) is 5.41 Å². The lowest BCUT2D eigenvalue weighted by atomic mass is 9.98. The minimum Gasteiger partial charge on any atom is -0.370 e. The van der Waals surface area contributed by atoms with Gasteiger partial charge in [-0.05, 0) is 18.1 Å². The molecule has 0 radical (unpaired) electrons. The summed E-state index contributed by atoms with van der Waals surface area (Å²) in [7, 11) is 0. The Morgan fingerprint density at radius 3 is 2.74 bits per heavy atom. The number of halogens is 2. The molecule has 0 spiro atoms. The zero-order valence-corrected chi connectivity index (χ0v) is 10.2. The van der Waals surface area contributed by atoms with Crippen molar-refractivity contribution in [2.45, 2.75) is 12.3 Å². The fourth-order valence-corrected chi connectivity index (χ4v) is 2.23. The van der Waals surface area contributed by atoms with E-state index in [1.54, 1.807) is 4.90 Å². The van der Waals surface area contributed by atoms with Crippen molar-refractivity contribution in [2.24, 2.45) is 16.5 Å². The summed E-state index contributed by atoms with van der Waals surface area (Å²) >= 11 is 0. The molecule has 0 amide bonds. The predicted octanol–water partition coefficient (Wildman–Crippen LogP) is 0.962. The van der Waals surface area contributed by atoms with Crippen molar-refractivity contribution in [2.75, 3.05) is 13.1 Å². The second-order valence-electron chi connectivity index (χ2n) is 4.46. The minimum absolute atomic E-state index is 0.0370. The molecule has 0 aromatic heterocycles. The van der Waals surface area contributed by atoms with Gasteiger partial charge in [0.05, 0.1) is 0 Å². The van der Waals surface area contributed by atoms with Crippen LogP contribution in [-0.2, 0) is 0 Å². The van der Waals surface area contributed by atoms with Crippen molar-refractivity contribution in [3.63, 3.8) is 0 Å². The maximum Gasteiger partial charge on any atom is 0.221 e. The lowest BCUT2D eigenvalue weighted by Crippen LogP contribution is -2.31. The van der Waals surface area contributed by atoms with Crippen molar-refractivity contribution >= 4 is 11.9 Å². The van der Waals surface area contributed by atoms with Crippen molar-refractivity contribution in [3.05, 3.63) is 35.4 Å². The van der Waals surface area contributed by atoms with Crippen LogP contribution < -0.4 is 11.5 Å². The van der Waals surface area contributed by atoms with Crippen LogP contribution in [0.5, 0.6) is 0 Å². The average molecular weight is 267 g/mol. The predicted molar refractivity (Wildman–Crippen MR) is 68.8 cm³/mol. The Balaban J connectivity index is 2.10. The van der Waals surface area contributed by atoms with Gasteiger partial charge in [0.2, 0.25) is 5.96 Å². The van der Waals surface area contributed by atoms with Crippen LogP contribution in [-0.4, -0.2) is 29.9 Å². The SMILES string of the molecule is N=C(N=C(N)N)N1CCC(c2ccc(F)cc2F)C1. The molecular weight excluding hydrogens is 252 g/mol. The van der Waals surface area contributed by atoms with Crippen LogP contribution in [0.1, 0.15) is 17.9 Å². The van der Waals surface area contributed by atoms with Crippen LogP contribution in [0.15, 0.2) is 23.2 Å². The summed E-state index contributed by atoms with van der Waals surface area (Å²) < 4.78 is 26.5. The summed E-state index contributed by atoms with van der Waals surface area (Å²) in [4.78, 5) is 5.31. The molecular formula is C12H15F2N5. The molecule has 1 aromatic rings. The Hall–Kier alpha value is -2.18. The smallest absolute Gasteiger partial charge is 0.221 e. The zero-order chi connectivity index (χ0) is 14.0. The molecule has 1 heterocycles. The van der Waals surface area contributed by atoms with E-state index in [0.717, 1.165) is 6.07 Å². The first-order valence-corrected chi connectivity index (χ1v) is 5.85. The lowest BCUT2D eigenvalue weighted by Gasteiger charge is -2.16. The number of likely N-dealkylation sites (tertiary alicyclic amines) is 1. The molecule has 5 N–H and O–H groups in total. The van der Waals surface area contributed by atoms with Gasteiger partial charge >= 0.3 is 0 Å². The van der Waals surface area contributed by atoms with E-state index in [2.05, 4.69) is 4.99 Å².